The Morgan fingerprint density at radius 2 is 1.66 bits per heavy atom. The predicted octanol–water partition coefficient (Wildman–Crippen LogP) is 7.37. The van der Waals surface area contributed by atoms with E-state index < -0.39 is 0 Å². The fourth-order valence-corrected chi connectivity index (χ4v) is 5.65. The summed E-state index contributed by atoms with van der Waals surface area (Å²) in [5.41, 5.74) is 4.97. The van der Waals surface area contributed by atoms with Gasteiger partial charge in [-0.15, -0.1) is 0 Å². The molecule has 1 aromatic rings. The Kier molecular flexibility index (Phi) is 13.4. The van der Waals surface area contributed by atoms with Gasteiger partial charge in [0.15, 0.2) is 5.78 Å². The fourth-order valence-electron chi connectivity index (χ4n) is 5.65. The molecule has 4 nitrogen and oxygen atoms in total. The first-order chi connectivity index (χ1) is 16.5. The van der Waals surface area contributed by atoms with Crippen molar-refractivity contribution < 1.29 is 19.2 Å². The van der Waals surface area contributed by atoms with E-state index in [4.69, 9.17) is 0 Å². The summed E-state index contributed by atoms with van der Waals surface area (Å²) in [6, 6.07) is 2.11. The van der Waals surface area contributed by atoms with Gasteiger partial charge in [-0.3, -0.25) is 19.2 Å². The Morgan fingerprint density at radius 1 is 1.03 bits per heavy atom. The van der Waals surface area contributed by atoms with Crippen LogP contribution in [0.15, 0.2) is 6.07 Å². The van der Waals surface area contributed by atoms with Crippen LogP contribution in [0.25, 0.3) is 0 Å². The zero-order valence-electron chi connectivity index (χ0n) is 23.5. The Labute approximate surface area is 213 Å². The van der Waals surface area contributed by atoms with Crippen molar-refractivity contribution >= 4 is 23.1 Å². The number of rotatable bonds is 12. The fraction of sp³-hybridized carbons (Fsp3) is 0.677. The summed E-state index contributed by atoms with van der Waals surface area (Å²) in [4.78, 5) is 49.5. The highest BCUT2D eigenvalue weighted by Gasteiger charge is 2.33. The SMILES string of the molecule is CCC.CCCC(CC1CC(=O)c2c(cc(C)c(CC(=O)CC)c2C)C1)C(CC)C(=O)CC(C)=O. The van der Waals surface area contributed by atoms with Crippen molar-refractivity contribution in [3.63, 3.8) is 0 Å². The van der Waals surface area contributed by atoms with Crippen LogP contribution in [0.5, 0.6) is 0 Å². The summed E-state index contributed by atoms with van der Waals surface area (Å²) in [7, 11) is 0. The van der Waals surface area contributed by atoms with Crippen molar-refractivity contribution in [3.8, 4) is 0 Å². The monoisotopic (exact) mass is 484 g/mol. The van der Waals surface area contributed by atoms with E-state index in [9.17, 15) is 19.2 Å². The molecule has 0 aliphatic heterocycles. The summed E-state index contributed by atoms with van der Waals surface area (Å²) in [6.07, 6.45) is 7.00. The van der Waals surface area contributed by atoms with E-state index in [1.165, 1.54) is 13.3 Å². The van der Waals surface area contributed by atoms with Gasteiger partial charge in [0.1, 0.15) is 17.3 Å². The molecule has 0 bridgehead atoms. The lowest BCUT2D eigenvalue weighted by molar-refractivity contribution is -0.130. The first-order valence-electron chi connectivity index (χ1n) is 13.7. The molecule has 0 amide bonds. The Hall–Kier alpha value is -2.10. The molecule has 35 heavy (non-hydrogen) atoms. The van der Waals surface area contributed by atoms with Crippen molar-refractivity contribution in [2.24, 2.45) is 17.8 Å². The molecule has 2 rings (SSSR count). The maximum Gasteiger partial charge on any atom is 0.163 e. The molecule has 4 heteroatoms. The van der Waals surface area contributed by atoms with Gasteiger partial charge in [0.25, 0.3) is 0 Å². The van der Waals surface area contributed by atoms with E-state index in [1.54, 1.807) is 0 Å². The van der Waals surface area contributed by atoms with Crippen molar-refractivity contribution in [1.29, 1.82) is 0 Å². The second kappa shape index (κ2) is 15.1. The van der Waals surface area contributed by atoms with Gasteiger partial charge in [-0.25, -0.2) is 0 Å². The molecule has 0 fully saturated rings. The molecule has 0 heterocycles. The molecule has 196 valence electrons. The highest BCUT2D eigenvalue weighted by molar-refractivity contribution is 6.01. The Balaban J connectivity index is 0.00000194. The number of Topliss-reactive ketones (excluding diaryl/α,β-unsaturated/α-hetero) is 4. The number of hydrogen-bond acceptors (Lipinski definition) is 4. The Bertz CT molecular complexity index is 896. The van der Waals surface area contributed by atoms with Gasteiger partial charge in [0, 0.05) is 30.7 Å². The normalized spacial score (nSPS) is 16.6. The van der Waals surface area contributed by atoms with E-state index >= 15 is 0 Å². The molecule has 0 N–H and O–H groups in total. The van der Waals surface area contributed by atoms with Crippen molar-refractivity contribution in [2.45, 2.75) is 120 Å². The van der Waals surface area contributed by atoms with Crippen LogP contribution in [0.1, 0.15) is 126 Å². The quantitative estimate of drug-likeness (QED) is 0.290. The number of carbonyl (C=O) groups excluding carboxylic acids is 4. The van der Waals surface area contributed by atoms with E-state index in [-0.39, 0.29) is 47.3 Å². The summed E-state index contributed by atoms with van der Waals surface area (Å²) in [5.74, 6) is 0.651. The third-order valence-electron chi connectivity index (χ3n) is 7.19. The second-order valence-electron chi connectivity index (χ2n) is 10.4. The lowest BCUT2D eigenvalue weighted by Gasteiger charge is -2.32. The summed E-state index contributed by atoms with van der Waals surface area (Å²) >= 11 is 0. The van der Waals surface area contributed by atoms with Gasteiger partial charge < -0.3 is 0 Å². The number of benzene rings is 1. The van der Waals surface area contributed by atoms with Gasteiger partial charge in [-0.2, -0.15) is 0 Å². The molecule has 0 spiro atoms. The number of aryl methyl sites for hydroxylation is 1. The molecule has 1 aliphatic rings. The number of ketones is 4. The number of fused-ring (bicyclic) bond motifs is 1. The topological polar surface area (TPSA) is 68.3 Å². The van der Waals surface area contributed by atoms with E-state index in [0.29, 0.717) is 19.3 Å². The first-order valence-corrected chi connectivity index (χ1v) is 13.7. The van der Waals surface area contributed by atoms with E-state index in [0.717, 1.165) is 59.9 Å². The van der Waals surface area contributed by atoms with Crippen LogP contribution in [0, 0.1) is 31.6 Å². The number of carbonyl (C=O) groups is 4. The average Bonchev–Trinajstić information content (AvgIpc) is 2.76. The van der Waals surface area contributed by atoms with Gasteiger partial charge in [0.2, 0.25) is 0 Å². The largest absolute Gasteiger partial charge is 0.300 e. The lowest BCUT2D eigenvalue weighted by atomic mass is 9.71. The molecular weight excluding hydrogens is 436 g/mol. The van der Waals surface area contributed by atoms with Gasteiger partial charge in [-0.05, 0) is 74.1 Å². The van der Waals surface area contributed by atoms with Gasteiger partial charge in [0.05, 0.1) is 6.42 Å². The first kappa shape index (κ1) is 30.9. The third-order valence-corrected chi connectivity index (χ3v) is 7.19. The highest BCUT2D eigenvalue weighted by atomic mass is 16.1. The van der Waals surface area contributed by atoms with Crippen LogP contribution in [-0.2, 0) is 27.2 Å². The molecule has 0 saturated heterocycles. The minimum atomic E-state index is -0.110. The third kappa shape index (κ3) is 8.81. The maximum absolute atomic E-state index is 13.2. The minimum Gasteiger partial charge on any atom is -0.300 e. The summed E-state index contributed by atoms with van der Waals surface area (Å²) < 4.78 is 0. The molecular formula is C31H48O4. The van der Waals surface area contributed by atoms with E-state index in [2.05, 4.69) is 26.8 Å². The standard InChI is InChI=1S/C28H40O4.C3H8/c1-7-10-21(24(9-3)26(31)12-18(5)29)13-20-14-22-11-17(4)25(16-23(30)8-2)19(6)28(22)27(32)15-20;1-3-2/h11,20-21,24H,7-10,12-16H2,1-6H3;3H2,1-2H3. The predicted molar refractivity (Wildman–Crippen MR) is 144 cm³/mol. The minimum absolute atomic E-state index is 0.0167. The van der Waals surface area contributed by atoms with Crippen LogP contribution in [0.4, 0.5) is 0 Å². The highest BCUT2D eigenvalue weighted by Crippen LogP contribution is 2.37. The van der Waals surface area contributed by atoms with Crippen LogP contribution in [-0.4, -0.2) is 23.1 Å². The smallest absolute Gasteiger partial charge is 0.163 e. The van der Waals surface area contributed by atoms with Gasteiger partial charge in [-0.1, -0.05) is 59.9 Å². The van der Waals surface area contributed by atoms with Crippen molar-refractivity contribution in [2.75, 3.05) is 0 Å². The summed E-state index contributed by atoms with van der Waals surface area (Å²) in [5, 5.41) is 0. The second-order valence-corrected chi connectivity index (χ2v) is 10.4. The van der Waals surface area contributed by atoms with E-state index in [1.807, 2.05) is 27.7 Å². The van der Waals surface area contributed by atoms with Crippen LogP contribution >= 0.6 is 0 Å². The zero-order chi connectivity index (χ0) is 26.7. The molecule has 0 aromatic heterocycles. The molecule has 0 radical (unpaired) electrons. The summed E-state index contributed by atoms with van der Waals surface area (Å²) in [6.45, 7) is 15.8. The molecule has 3 unspecified atom stereocenters. The van der Waals surface area contributed by atoms with Crippen LogP contribution in [0.3, 0.4) is 0 Å². The van der Waals surface area contributed by atoms with Crippen LogP contribution in [0.2, 0.25) is 0 Å². The number of hydrogen-bond donors (Lipinski definition) is 0. The molecule has 0 saturated carbocycles. The van der Waals surface area contributed by atoms with Crippen molar-refractivity contribution in [1.82, 2.24) is 0 Å². The average molecular weight is 485 g/mol. The van der Waals surface area contributed by atoms with Gasteiger partial charge >= 0.3 is 0 Å². The molecule has 1 aliphatic carbocycles. The zero-order valence-corrected chi connectivity index (χ0v) is 23.5. The van der Waals surface area contributed by atoms with Crippen LogP contribution < -0.4 is 0 Å². The maximum atomic E-state index is 13.2. The molecule has 1 aromatic carbocycles. The lowest BCUT2D eigenvalue weighted by Crippen LogP contribution is -2.30. The molecule has 3 atom stereocenters. The Morgan fingerprint density at radius 3 is 2.17 bits per heavy atom. The van der Waals surface area contributed by atoms with Crippen molar-refractivity contribution in [3.05, 3.63) is 33.9 Å².